The lowest BCUT2D eigenvalue weighted by atomic mass is 10.1. The molecule has 21 heavy (non-hydrogen) atoms. The second-order valence-electron chi connectivity index (χ2n) is 4.95. The number of carbonyl (C=O) groups is 1. The molecule has 0 aromatic heterocycles. The molecule has 0 heterocycles. The van der Waals surface area contributed by atoms with Crippen LogP contribution in [0.1, 0.15) is 16.7 Å². The molecule has 2 aromatic rings. The molecule has 3 N–H and O–H groups in total. The van der Waals surface area contributed by atoms with Crippen LogP contribution in [0.4, 0.5) is 4.79 Å². The highest BCUT2D eigenvalue weighted by Crippen LogP contribution is 2.09. The number of phenols is 1. The highest BCUT2D eigenvalue weighted by molar-refractivity contribution is 5.73. The van der Waals surface area contributed by atoms with Gasteiger partial charge in [0, 0.05) is 13.1 Å². The lowest BCUT2D eigenvalue weighted by Gasteiger charge is -2.09. The van der Waals surface area contributed by atoms with Gasteiger partial charge in [0.15, 0.2) is 0 Å². The first-order chi connectivity index (χ1) is 10.1. The first-order valence-corrected chi connectivity index (χ1v) is 6.99. The number of benzene rings is 2. The summed E-state index contributed by atoms with van der Waals surface area (Å²) in [4.78, 5) is 11.7. The smallest absolute Gasteiger partial charge is 0.315 e. The van der Waals surface area contributed by atoms with E-state index in [1.54, 1.807) is 12.1 Å². The lowest BCUT2D eigenvalue weighted by Crippen LogP contribution is -2.36. The number of hydrogen-bond donors (Lipinski definition) is 3. The fourth-order valence-corrected chi connectivity index (χ4v) is 2.03. The molecule has 0 bridgehead atoms. The van der Waals surface area contributed by atoms with E-state index in [4.69, 9.17) is 0 Å². The van der Waals surface area contributed by atoms with Crippen LogP contribution in [0.25, 0.3) is 0 Å². The van der Waals surface area contributed by atoms with E-state index in [0.29, 0.717) is 13.1 Å². The number of aryl methyl sites for hydroxylation is 1. The molecule has 4 heteroatoms. The average molecular weight is 284 g/mol. The molecule has 2 amide bonds. The van der Waals surface area contributed by atoms with E-state index in [0.717, 1.165) is 17.5 Å². The quantitative estimate of drug-likeness (QED) is 0.790. The molecule has 0 radical (unpaired) electrons. The topological polar surface area (TPSA) is 61.4 Å². The molecule has 0 saturated heterocycles. The summed E-state index contributed by atoms with van der Waals surface area (Å²) >= 11 is 0. The summed E-state index contributed by atoms with van der Waals surface area (Å²) in [7, 11) is 0. The Morgan fingerprint density at radius 2 is 1.76 bits per heavy atom. The molecule has 0 spiro atoms. The van der Waals surface area contributed by atoms with Gasteiger partial charge in [-0.1, -0.05) is 36.4 Å². The van der Waals surface area contributed by atoms with Crippen LogP contribution in [0.5, 0.6) is 5.75 Å². The van der Waals surface area contributed by atoms with E-state index in [1.165, 1.54) is 5.56 Å². The minimum Gasteiger partial charge on any atom is -0.508 e. The summed E-state index contributed by atoms with van der Waals surface area (Å²) in [5.74, 6) is 0.252. The largest absolute Gasteiger partial charge is 0.508 e. The molecule has 2 rings (SSSR count). The molecule has 110 valence electrons. The van der Waals surface area contributed by atoms with Crippen LogP contribution in [-0.2, 0) is 13.0 Å². The van der Waals surface area contributed by atoms with Crippen LogP contribution in [0.15, 0.2) is 48.5 Å². The Morgan fingerprint density at radius 1 is 1.05 bits per heavy atom. The van der Waals surface area contributed by atoms with Crippen molar-refractivity contribution >= 4 is 6.03 Å². The van der Waals surface area contributed by atoms with Gasteiger partial charge in [0.1, 0.15) is 5.75 Å². The SMILES string of the molecule is Cc1ccccc1CNC(=O)NCCc1ccc(O)cc1. The third-order valence-corrected chi connectivity index (χ3v) is 3.34. The van der Waals surface area contributed by atoms with E-state index < -0.39 is 0 Å². The first-order valence-electron chi connectivity index (χ1n) is 6.99. The molecule has 0 atom stereocenters. The van der Waals surface area contributed by atoms with Gasteiger partial charge in [-0.2, -0.15) is 0 Å². The standard InChI is InChI=1S/C17H20N2O2/c1-13-4-2-3-5-15(13)12-19-17(21)18-11-10-14-6-8-16(20)9-7-14/h2-9,20H,10-12H2,1H3,(H2,18,19,21). The summed E-state index contributed by atoms with van der Waals surface area (Å²) in [5, 5.41) is 14.9. The number of carbonyl (C=O) groups excluding carboxylic acids is 1. The Labute approximate surface area is 124 Å². The van der Waals surface area contributed by atoms with Crippen molar-refractivity contribution in [3.63, 3.8) is 0 Å². The van der Waals surface area contributed by atoms with Crippen molar-refractivity contribution in [1.29, 1.82) is 0 Å². The number of hydrogen-bond acceptors (Lipinski definition) is 2. The lowest BCUT2D eigenvalue weighted by molar-refractivity contribution is 0.240. The van der Waals surface area contributed by atoms with Crippen molar-refractivity contribution < 1.29 is 9.90 Å². The molecule has 2 aromatic carbocycles. The molecule has 0 fully saturated rings. The number of nitrogens with one attached hydrogen (secondary N) is 2. The number of aromatic hydroxyl groups is 1. The molecule has 0 aliphatic rings. The third-order valence-electron chi connectivity index (χ3n) is 3.34. The Morgan fingerprint density at radius 3 is 2.48 bits per heavy atom. The first kappa shape index (κ1) is 14.9. The highest BCUT2D eigenvalue weighted by atomic mass is 16.3. The Bertz CT molecular complexity index is 594. The van der Waals surface area contributed by atoms with Crippen molar-refractivity contribution in [2.24, 2.45) is 0 Å². The zero-order valence-electron chi connectivity index (χ0n) is 12.1. The maximum Gasteiger partial charge on any atom is 0.315 e. The Balaban J connectivity index is 1.70. The van der Waals surface area contributed by atoms with Gasteiger partial charge in [-0.15, -0.1) is 0 Å². The maximum atomic E-state index is 11.7. The summed E-state index contributed by atoms with van der Waals surface area (Å²) in [6, 6.07) is 14.8. The maximum absolute atomic E-state index is 11.7. The summed E-state index contributed by atoms with van der Waals surface area (Å²) < 4.78 is 0. The van der Waals surface area contributed by atoms with Crippen molar-refractivity contribution in [2.45, 2.75) is 19.9 Å². The molecule has 0 unspecified atom stereocenters. The Kier molecular flexibility index (Phi) is 5.21. The summed E-state index contributed by atoms with van der Waals surface area (Å²) in [6.45, 7) is 3.11. The van der Waals surface area contributed by atoms with Crippen molar-refractivity contribution in [1.82, 2.24) is 10.6 Å². The van der Waals surface area contributed by atoms with Gasteiger partial charge in [0.05, 0.1) is 0 Å². The number of phenolic OH excluding ortho intramolecular Hbond substituents is 1. The van der Waals surface area contributed by atoms with Crippen LogP contribution in [0, 0.1) is 6.92 Å². The van der Waals surface area contributed by atoms with Crippen LogP contribution in [0.3, 0.4) is 0 Å². The third kappa shape index (κ3) is 4.84. The minimum atomic E-state index is -0.169. The second-order valence-corrected chi connectivity index (χ2v) is 4.95. The van der Waals surface area contributed by atoms with Gasteiger partial charge in [-0.05, 0) is 42.2 Å². The molecular formula is C17H20N2O2. The number of amides is 2. The van der Waals surface area contributed by atoms with Crippen LogP contribution in [-0.4, -0.2) is 17.7 Å². The van der Waals surface area contributed by atoms with E-state index in [2.05, 4.69) is 10.6 Å². The number of rotatable bonds is 5. The van der Waals surface area contributed by atoms with E-state index >= 15 is 0 Å². The minimum absolute atomic E-state index is 0.169. The van der Waals surface area contributed by atoms with Crippen molar-refractivity contribution in [3.8, 4) is 5.75 Å². The number of urea groups is 1. The fraction of sp³-hybridized carbons (Fsp3) is 0.235. The Hall–Kier alpha value is -2.49. The van der Waals surface area contributed by atoms with Crippen LogP contribution in [0.2, 0.25) is 0 Å². The molecular weight excluding hydrogens is 264 g/mol. The van der Waals surface area contributed by atoms with E-state index in [9.17, 15) is 9.90 Å². The van der Waals surface area contributed by atoms with E-state index in [1.807, 2.05) is 43.3 Å². The average Bonchev–Trinajstić information content (AvgIpc) is 2.48. The molecule has 0 aliphatic carbocycles. The zero-order chi connectivity index (χ0) is 15.1. The summed E-state index contributed by atoms with van der Waals surface area (Å²) in [6.07, 6.45) is 0.734. The van der Waals surface area contributed by atoms with Crippen LogP contribution >= 0.6 is 0 Å². The monoisotopic (exact) mass is 284 g/mol. The molecule has 0 saturated carbocycles. The second kappa shape index (κ2) is 7.33. The predicted octanol–water partition coefficient (Wildman–Crippen LogP) is 2.74. The van der Waals surface area contributed by atoms with Gasteiger partial charge in [0.2, 0.25) is 0 Å². The molecule has 4 nitrogen and oxygen atoms in total. The van der Waals surface area contributed by atoms with Gasteiger partial charge in [-0.3, -0.25) is 0 Å². The van der Waals surface area contributed by atoms with Gasteiger partial charge < -0.3 is 15.7 Å². The van der Waals surface area contributed by atoms with Crippen molar-refractivity contribution in [2.75, 3.05) is 6.54 Å². The van der Waals surface area contributed by atoms with E-state index in [-0.39, 0.29) is 11.8 Å². The predicted molar refractivity (Wildman–Crippen MR) is 83.2 cm³/mol. The van der Waals surface area contributed by atoms with Crippen molar-refractivity contribution in [3.05, 3.63) is 65.2 Å². The zero-order valence-corrected chi connectivity index (χ0v) is 12.1. The molecule has 0 aliphatic heterocycles. The summed E-state index contributed by atoms with van der Waals surface area (Å²) in [5.41, 5.74) is 3.36. The van der Waals surface area contributed by atoms with Gasteiger partial charge in [-0.25, -0.2) is 4.79 Å². The normalized spacial score (nSPS) is 10.1. The highest BCUT2D eigenvalue weighted by Gasteiger charge is 2.02. The van der Waals surface area contributed by atoms with Crippen LogP contribution < -0.4 is 10.6 Å². The van der Waals surface area contributed by atoms with Gasteiger partial charge >= 0.3 is 6.03 Å². The fourth-order valence-electron chi connectivity index (χ4n) is 2.03. The van der Waals surface area contributed by atoms with Gasteiger partial charge in [0.25, 0.3) is 0 Å².